The number of hydrogen-bond donors (Lipinski definition) is 1. The predicted molar refractivity (Wildman–Crippen MR) is 130 cm³/mol. The van der Waals surface area contributed by atoms with E-state index in [0.29, 0.717) is 30.4 Å². The summed E-state index contributed by atoms with van der Waals surface area (Å²) in [4.78, 5) is 39.3. The molecular formula is C27H26N4O4. The minimum atomic E-state index is -0.368. The van der Waals surface area contributed by atoms with Crippen LogP contribution in [0.15, 0.2) is 76.1 Å². The Bertz CT molecular complexity index is 1380. The van der Waals surface area contributed by atoms with Crippen LogP contribution in [-0.4, -0.2) is 39.4 Å². The first-order chi connectivity index (χ1) is 17.1. The van der Waals surface area contributed by atoms with Crippen molar-refractivity contribution in [1.29, 1.82) is 0 Å². The molecule has 2 aromatic heterocycles. The summed E-state index contributed by atoms with van der Waals surface area (Å²) in [7, 11) is 1.64. The van der Waals surface area contributed by atoms with Gasteiger partial charge < -0.3 is 19.0 Å². The number of nitrogens with zero attached hydrogens (tertiary/aromatic N) is 3. The summed E-state index contributed by atoms with van der Waals surface area (Å²) in [5, 5.41) is 0. The topological polar surface area (TPSA) is 101 Å². The van der Waals surface area contributed by atoms with E-state index in [1.165, 1.54) is 6.07 Å². The first kappa shape index (κ1) is 22.6. The van der Waals surface area contributed by atoms with Crippen LogP contribution in [0.2, 0.25) is 0 Å². The number of piperidine rings is 1. The van der Waals surface area contributed by atoms with Crippen molar-refractivity contribution < 1.29 is 13.9 Å². The normalized spacial score (nSPS) is 15.7. The highest BCUT2D eigenvalue weighted by Crippen LogP contribution is 2.32. The molecule has 178 valence electrons. The third-order valence-electron chi connectivity index (χ3n) is 6.14. The molecule has 0 aliphatic carbocycles. The smallest absolute Gasteiger partial charge is 0.273 e. The number of aromatic amines is 1. The molecule has 35 heavy (non-hydrogen) atoms. The van der Waals surface area contributed by atoms with E-state index in [9.17, 15) is 9.59 Å². The number of H-pyrrole nitrogens is 1. The van der Waals surface area contributed by atoms with Gasteiger partial charge in [0.1, 0.15) is 29.1 Å². The van der Waals surface area contributed by atoms with Gasteiger partial charge in [0.25, 0.3) is 11.5 Å². The number of ether oxygens (including phenoxy) is 1. The number of hydrogen-bond acceptors (Lipinski definition) is 6. The van der Waals surface area contributed by atoms with Gasteiger partial charge in [0.2, 0.25) is 5.89 Å². The van der Waals surface area contributed by atoms with Crippen molar-refractivity contribution in [2.24, 2.45) is 0 Å². The van der Waals surface area contributed by atoms with Gasteiger partial charge in [0, 0.05) is 24.6 Å². The molecule has 8 nitrogen and oxygen atoms in total. The SMILES string of the molecule is COc1cccc(Cc2cnc([C@@H]3CCCCN3C(=O)c3cc(=O)[nH]c(-c4ccccc4)n3)o2)c1. The highest BCUT2D eigenvalue weighted by Gasteiger charge is 2.33. The fraction of sp³-hybridized carbons (Fsp3) is 0.259. The van der Waals surface area contributed by atoms with Crippen molar-refractivity contribution in [3.8, 4) is 17.1 Å². The average Bonchev–Trinajstić information content (AvgIpc) is 3.36. The second-order valence-electron chi connectivity index (χ2n) is 8.55. The van der Waals surface area contributed by atoms with Crippen LogP contribution in [0.5, 0.6) is 5.75 Å². The van der Waals surface area contributed by atoms with Crippen LogP contribution in [0.4, 0.5) is 0 Å². The van der Waals surface area contributed by atoms with Crippen molar-refractivity contribution in [2.75, 3.05) is 13.7 Å². The minimum Gasteiger partial charge on any atom is -0.497 e. The molecule has 1 saturated heterocycles. The van der Waals surface area contributed by atoms with Gasteiger partial charge in [-0.1, -0.05) is 42.5 Å². The molecule has 1 aliphatic heterocycles. The van der Waals surface area contributed by atoms with E-state index < -0.39 is 0 Å². The maximum Gasteiger partial charge on any atom is 0.273 e. The maximum atomic E-state index is 13.5. The molecule has 1 atom stereocenters. The molecule has 3 heterocycles. The van der Waals surface area contributed by atoms with Gasteiger partial charge in [0.15, 0.2) is 0 Å². The van der Waals surface area contributed by atoms with Crippen LogP contribution in [0.3, 0.4) is 0 Å². The van der Waals surface area contributed by atoms with Crippen LogP contribution >= 0.6 is 0 Å². The van der Waals surface area contributed by atoms with Crippen molar-refractivity contribution in [3.63, 3.8) is 0 Å². The molecule has 0 bridgehead atoms. The largest absolute Gasteiger partial charge is 0.497 e. The number of benzene rings is 2. The van der Waals surface area contributed by atoms with E-state index in [-0.39, 0.29) is 23.2 Å². The van der Waals surface area contributed by atoms with Crippen LogP contribution in [0.25, 0.3) is 11.4 Å². The zero-order chi connectivity index (χ0) is 24.2. The number of carbonyl (C=O) groups is 1. The molecule has 4 aromatic rings. The Kier molecular flexibility index (Phi) is 6.43. The summed E-state index contributed by atoms with van der Waals surface area (Å²) >= 11 is 0. The molecule has 1 fully saturated rings. The molecule has 0 saturated carbocycles. The van der Waals surface area contributed by atoms with Crippen LogP contribution in [-0.2, 0) is 6.42 Å². The van der Waals surface area contributed by atoms with Crippen LogP contribution in [0.1, 0.15) is 53.0 Å². The van der Waals surface area contributed by atoms with E-state index in [1.54, 1.807) is 18.2 Å². The second-order valence-corrected chi connectivity index (χ2v) is 8.55. The van der Waals surface area contributed by atoms with E-state index in [4.69, 9.17) is 9.15 Å². The lowest BCUT2D eigenvalue weighted by Crippen LogP contribution is -2.39. The molecule has 8 heteroatoms. The third-order valence-corrected chi connectivity index (χ3v) is 6.14. The maximum absolute atomic E-state index is 13.5. The number of aromatic nitrogens is 3. The first-order valence-corrected chi connectivity index (χ1v) is 11.7. The lowest BCUT2D eigenvalue weighted by atomic mass is 10.0. The van der Waals surface area contributed by atoms with Gasteiger partial charge in [-0.2, -0.15) is 0 Å². The Morgan fingerprint density at radius 3 is 2.83 bits per heavy atom. The molecule has 0 unspecified atom stereocenters. The Morgan fingerprint density at radius 1 is 1.14 bits per heavy atom. The predicted octanol–water partition coefficient (Wildman–Crippen LogP) is 4.39. The van der Waals surface area contributed by atoms with Gasteiger partial charge in [-0.15, -0.1) is 0 Å². The highest BCUT2D eigenvalue weighted by atomic mass is 16.5. The molecule has 0 radical (unpaired) electrons. The fourth-order valence-electron chi connectivity index (χ4n) is 4.42. The number of likely N-dealkylation sites (tertiary alicyclic amines) is 1. The summed E-state index contributed by atoms with van der Waals surface area (Å²) in [6, 6.07) is 18.0. The van der Waals surface area contributed by atoms with Gasteiger partial charge in [-0.05, 0) is 37.0 Å². The Hall–Kier alpha value is -4.20. The quantitative estimate of drug-likeness (QED) is 0.448. The number of nitrogens with one attached hydrogen (secondary N) is 1. The number of amides is 1. The second kappa shape index (κ2) is 9.97. The Labute approximate surface area is 202 Å². The van der Waals surface area contributed by atoms with Crippen molar-refractivity contribution in [3.05, 3.63) is 100 Å². The van der Waals surface area contributed by atoms with Crippen molar-refractivity contribution in [1.82, 2.24) is 19.9 Å². The monoisotopic (exact) mass is 470 g/mol. The number of methoxy groups -OCH3 is 1. The Morgan fingerprint density at radius 2 is 2.00 bits per heavy atom. The van der Waals surface area contributed by atoms with E-state index >= 15 is 0 Å². The standard InChI is InChI=1S/C27H26N4O4/c1-34-20-11-7-8-18(14-20)15-21-17-28-26(35-21)23-12-5-6-13-31(23)27(33)22-16-24(32)30-25(29-22)19-9-3-2-4-10-19/h2-4,7-11,14,16-17,23H,5-6,12-13,15H2,1H3,(H,29,30,32)/t23-/m0/s1. The average molecular weight is 471 g/mol. The van der Waals surface area contributed by atoms with Crippen molar-refractivity contribution >= 4 is 5.91 Å². The van der Waals surface area contributed by atoms with Crippen molar-refractivity contribution in [2.45, 2.75) is 31.7 Å². The molecule has 1 aliphatic rings. The Balaban J connectivity index is 1.39. The highest BCUT2D eigenvalue weighted by molar-refractivity contribution is 5.93. The molecule has 1 N–H and O–H groups in total. The zero-order valence-electron chi connectivity index (χ0n) is 19.4. The number of carbonyl (C=O) groups excluding carboxylic acids is 1. The fourth-order valence-corrected chi connectivity index (χ4v) is 4.42. The van der Waals surface area contributed by atoms with Gasteiger partial charge in [-0.25, -0.2) is 9.97 Å². The molecule has 2 aromatic carbocycles. The molecule has 5 rings (SSSR count). The van der Waals surface area contributed by atoms with Gasteiger partial charge in [-0.3, -0.25) is 9.59 Å². The zero-order valence-corrected chi connectivity index (χ0v) is 19.4. The first-order valence-electron chi connectivity index (χ1n) is 11.7. The van der Waals surface area contributed by atoms with E-state index in [1.807, 2.05) is 54.6 Å². The van der Waals surface area contributed by atoms with E-state index in [2.05, 4.69) is 15.0 Å². The summed E-state index contributed by atoms with van der Waals surface area (Å²) in [6.45, 7) is 0.548. The number of oxazole rings is 1. The molecular weight excluding hydrogens is 444 g/mol. The minimum absolute atomic E-state index is 0.114. The lowest BCUT2D eigenvalue weighted by Gasteiger charge is -2.33. The third kappa shape index (κ3) is 5.01. The van der Waals surface area contributed by atoms with Crippen LogP contribution < -0.4 is 10.3 Å². The summed E-state index contributed by atoms with van der Waals surface area (Å²) in [5.41, 5.74) is 1.53. The van der Waals surface area contributed by atoms with Crippen LogP contribution in [0, 0.1) is 0 Å². The van der Waals surface area contributed by atoms with E-state index in [0.717, 1.165) is 36.1 Å². The summed E-state index contributed by atoms with van der Waals surface area (Å²) in [6.07, 6.45) is 4.85. The molecule has 1 amide bonds. The van der Waals surface area contributed by atoms with Gasteiger partial charge in [0.05, 0.1) is 13.3 Å². The summed E-state index contributed by atoms with van der Waals surface area (Å²) in [5.74, 6) is 2.07. The van der Waals surface area contributed by atoms with Gasteiger partial charge >= 0.3 is 0 Å². The lowest BCUT2D eigenvalue weighted by molar-refractivity contribution is 0.0563. The number of rotatable bonds is 6. The summed E-state index contributed by atoms with van der Waals surface area (Å²) < 4.78 is 11.4. The molecule has 0 spiro atoms.